The standard InChI is InChI=1S/C24H33N3O5S/c1-18(2)23(25-33(29,30)22-11-9-21(31-4)10-12-22)24(28)26(3)17-19-5-7-20(8-6-19)27-13-15-32-16-14-27/h5-12,18,23,25H,13-17H2,1-4H3/t23-/m1/s1. The molecule has 2 aromatic carbocycles. The van der Waals surface area contributed by atoms with Crippen LogP contribution < -0.4 is 14.4 Å². The topological polar surface area (TPSA) is 88.2 Å². The molecule has 0 spiro atoms. The number of ether oxygens (including phenoxy) is 2. The van der Waals surface area contributed by atoms with Gasteiger partial charge in [0, 0.05) is 32.4 Å². The highest BCUT2D eigenvalue weighted by atomic mass is 32.2. The van der Waals surface area contributed by atoms with Crippen LogP contribution in [0, 0.1) is 5.92 Å². The summed E-state index contributed by atoms with van der Waals surface area (Å²) < 4.78 is 38.8. The minimum Gasteiger partial charge on any atom is -0.497 e. The zero-order chi connectivity index (χ0) is 24.0. The lowest BCUT2D eigenvalue weighted by Gasteiger charge is -2.29. The Hall–Kier alpha value is -2.62. The van der Waals surface area contributed by atoms with Crippen molar-refractivity contribution in [2.75, 3.05) is 45.4 Å². The maximum Gasteiger partial charge on any atom is 0.241 e. The number of likely N-dealkylation sites (N-methyl/N-ethyl adjacent to an activating group) is 1. The number of nitrogens with zero attached hydrogens (tertiary/aromatic N) is 2. The fourth-order valence-electron chi connectivity index (χ4n) is 3.68. The van der Waals surface area contributed by atoms with Crippen molar-refractivity contribution in [1.29, 1.82) is 0 Å². The van der Waals surface area contributed by atoms with Crippen molar-refractivity contribution in [2.45, 2.75) is 31.3 Å². The summed E-state index contributed by atoms with van der Waals surface area (Å²) >= 11 is 0. The molecule has 0 radical (unpaired) electrons. The van der Waals surface area contributed by atoms with Gasteiger partial charge in [0.15, 0.2) is 0 Å². The van der Waals surface area contributed by atoms with Crippen molar-refractivity contribution in [3.63, 3.8) is 0 Å². The molecule has 1 heterocycles. The third-order valence-corrected chi connectivity index (χ3v) is 7.15. The van der Waals surface area contributed by atoms with Gasteiger partial charge in [-0.25, -0.2) is 8.42 Å². The van der Waals surface area contributed by atoms with Gasteiger partial charge in [0.1, 0.15) is 11.8 Å². The average Bonchev–Trinajstić information content (AvgIpc) is 2.83. The highest BCUT2D eigenvalue weighted by Crippen LogP contribution is 2.20. The predicted molar refractivity (Wildman–Crippen MR) is 128 cm³/mol. The molecular formula is C24H33N3O5S. The Labute approximate surface area is 196 Å². The molecule has 0 bridgehead atoms. The van der Waals surface area contributed by atoms with Crippen LogP contribution in [0.4, 0.5) is 5.69 Å². The quantitative estimate of drug-likeness (QED) is 0.600. The molecule has 0 unspecified atom stereocenters. The maximum absolute atomic E-state index is 13.2. The number of carbonyl (C=O) groups is 1. The fraction of sp³-hybridized carbons (Fsp3) is 0.458. The van der Waals surface area contributed by atoms with E-state index in [-0.39, 0.29) is 16.7 Å². The lowest BCUT2D eigenvalue weighted by molar-refractivity contribution is -0.133. The van der Waals surface area contributed by atoms with Gasteiger partial charge in [0.2, 0.25) is 15.9 Å². The van der Waals surface area contributed by atoms with Gasteiger partial charge in [-0.3, -0.25) is 4.79 Å². The Morgan fingerprint density at radius 1 is 1.09 bits per heavy atom. The third-order valence-electron chi connectivity index (χ3n) is 5.69. The second-order valence-electron chi connectivity index (χ2n) is 8.48. The number of amides is 1. The SMILES string of the molecule is COc1ccc(S(=O)(=O)N[C@@H](C(=O)N(C)Cc2ccc(N3CCOCC3)cc2)C(C)C)cc1. The summed E-state index contributed by atoms with van der Waals surface area (Å²) in [7, 11) is -0.663. The Morgan fingerprint density at radius 2 is 1.70 bits per heavy atom. The van der Waals surface area contributed by atoms with Crippen LogP contribution in [-0.4, -0.2) is 65.7 Å². The number of carbonyl (C=O) groups excluding carboxylic acids is 1. The molecule has 33 heavy (non-hydrogen) atoms. The van der Waals surface area contributed by atoms with Crippen molar-refractivity contribution in [1.82, 2.24) is 9.62 Å². The number of hydrogen-bond acceptors (Lipinski definition) is 6. The van der Waals surface area contributed by atoms with Gasteiger partial charge in [-0.15, -0.1) is 0 Å². The number of nitrogens with one attached hydrogen (secondary N) is 1. The summed E-state index contributed by atoms with van der Waals surface area (Å²) in [5, 5.41) is 0. The Kier molecular flexibility index (Phi) is 8.34. The smallest absolute Gasteiger partial charge is 0.241 e. The lowest BCUT2D eigenvalue weighted by atomic mass is 10.0. The average molecular weight is 476 g/mol. The molecule has 2 aromatic rings. The highest BCUT2D eigenvalue weighted by molar-refractivity contribution is 7.89. The number of anilines is 1. The first-order valence-corrected chi connectivity index (χ1v) is 12.5. The second kappa shape index (κ2) is 11.0. The van der Waals surface area contributed by atoms with E-state index in [4.69, 9.17) is 9.47 Å². The Bertz CT molecular complexity index is 1020. The van der Waals surface area contributed by atoms with E-state index in [1.165, 1.54) is 19.2 Å². The van der Waals surface area contributed by atoms with E-state index < -0.39 is 16.1 Å². The molecule has 1 aliphatic rings. The molecule has 9 heteroatoms. The molecule has 3 rings (SSSR count). The van der Waals surface area contributed by atoms with Gasteiger partial charge < -0.3 is 19.3 Å². The largest absolute Gasteiger partial charge is 0.497 e. The first kappa shape index (κ1) is 25.0. The molecule has 1 atom stereocenters. The Balaban J connectivity index is 1.66. The Morgan fingerprint density at radius 3 is 2.24 bits per heavy atom. The zero-order valence-electron chi connectivity index (χ0n) is 19.7. The molecule has 8 nitrogen and oxygen atoms in total. The fourth-order valence-corrected chi connectivity index (χ4v) is 5.02. The van der Waals surface area contributed by atoms with E-state index in [9.17, 15) is 13.2 Å². The number of benzene rings is 2. The molecule has 1 amide bonds. The van der Waals surface area contributed by atoms with Crippen LogP contribution >= 0.6 is 0 Å². The van der Waals surface area contributed by atoms with Crippen molar-refractivity contribution < 1.29 is 22.7 Å². The van der Waals surface area contributed by atoms with Crippen LogP contribution in [0.15, 0.2) is 53.4 Å². The number of morpholine rings is 1. The second-order valence-corrected chi connectivity index (χ2v) is 10.2. The van der Waals surface area contributed by atoms with E-state index in [1.54, 1.807) is 24.1 Å². The minimum absolute atomic E-state index is 0.0862. The van der Waals surface area contributed by atoms with E-state index in [1.807, 2.05) is 38.1 Å². The molecule has 0 aliphatic carbocycles. The van der Waals surface area contributed by atoms with Crippen LogP contribution in [0.3, 0.4) is 0 Å². The number of hydrogen-bond donors (Lipinski definition) is 1. The van der Waals surface area contributed by atoms with E-state index in [0.29, 0.717) is 12.3 Å². The van der Waals surface area contributed by atoms with Crippen molar-refractivity contribution in [3.05, 3.63) is 54.1 Å². The molecule has 1 fully saturated rings. The van der Waals surface area contributed by atoms with Gasteiger partial charge >= 0.3 is 0 Å². The van der Waals surface area contributed by atoms with E-state index in [2.05, 4.69) is 9.62 Å². The van der Waals surface area contributed by atoms with Crippen LogP contribution in [0.1, 0.15) is 19.4 Å². The molecule has 1 N–H and O–H groups in total. The van der Waals surface area contributed by atoms with Gasteiger partial charge in [-0.05, 0) is 47.9 Å². The molecule has 0 aromatic heterocycles. The van der Waals surface area contributed by atoms with E-state index in [0.717, 1.165) is 37.6 Å². The summed E-state index contributed by atoms with van der Waals surface area (Å²) in [6.45, 7) is 7.21. The van der Waals surface area contributed by atoms with Crippen molar-refractivity contribution in [3.8, 4) is 5.75 Å². The van der Waals surface area contributed by atoms with Crippen LogP contribution in [0.2, 0.25) is 0 Å². The van der Waals surface area contributed by atoms with Gasteiger partial charge in [-0.2, -0.15) is 4.72 Å². The minimum atomic E-state index is -3.87. The number of methoxy groups -OCH3 is 1. The van der Waals surface area contributed by atoms with Crippen LogP contribution in [0.5, 0.6) is 5.75 Å². The zero-order valence-corrected chi connectivity index (χ0v) is 20.5. The summed E-state index contributed by atoms with van der Waals surface area (Å²) in [6, 6.07) is 13.3. The molecule has 0 saturated carbocycles. The predicted octanol–water partition coefficient (Wildman–Crippen LogP) is 2.49. The number of sulfonamides is 1. The van der Waals surface area contributed by atoms with Crippen molar-refractivity contribution in [2.24, 2.45) is 5.92 Å². The summed E-state index contributed by atoms with van der Waals surface area (Å²) in [4.78, 5) is 17.1. The van der Waals surface area contributed by atoms with E-state index >= 15 is 0 Å². The maximum atomic E-state index is 13.2. The summed E-state index contributed by atoms with van der Waals surface area (Å²) in [5.41, 5.74) is 2.10. The normalized spacial score (nSPS) is 15.4. The molecule has 180 valence electrons. The molecular weight excluding hydrogens is 442 g/mol. The van der Waals surface area contributed by atoms with Gasteiger partial charge in [-0.1, -0.05) is 26.0 Å². The van der Waals surface area contributed by atoms with Gasteiger partial charge in [0.05, 0.1) is 25.2 Å². The first-order valence-electron chi connectivity index (χ1n) is 11.0. The van der Waals surface area contributed by atoms with Gasteiger partial charge in [0.25, 0.3) is 0 Å². The summed E-state index contributed by atoms with van der Waals surface area (Å²) in [6.07, 6.45) is 0. The van der Waals surface area contributed by atoms with Crippen LogP contribution in [0.25, 0.3) is 0 Å². The highest BCUT2D eigenvalue weighted by Gasteiger charge is 2.30. The molecule has 1 saturated heterocycles. The first-order chi connectivity index (χ1) is 15.7. The number of rotatable bonds is 9. The third kappa shape index (κ3) is 6.46. The lowest BCUT2D eigenvalue weighted by Crippen LogP contribution is -2.49. The summed E-state index contributed by atoms with van der Waals surface area (Å²) in [5.74, 6) is 0.0563. The van der Waals surface area contributed by atoms with Crippen molar-refractivity contribution >= 4 is 21.6 Å². The monoisotopic (exact) mass is 475 g/mol. The van der Waals surface area contributed by atoms with Crippen LogP contribution in [-0.2, 0) is 26.1 Å². The molecule has 1 aliphatic heterocycles.